The Bertz CT molecular complexity index is 1940. The van der Waals surface area contributed by atoms with E-state index in [2.05, 4.69) is 26.8 Å². The first-order valence-electron chi connectivity index (χ1n) is 25.1. The molecule has 3 heterocycles. The van der Waals surface area contributed by atoms with Crippen LogP contribution in [0, 0.1) is 44.8 Å². The van der Waals surface area contributed by atoms with Gasteiger partial charge in [0, 0.05) is 18.3 Å². The molecule has 21 nitrogen and oxygen atoms in total. The molecule has 8 rings (SSSR count). The molecule has 0 bridgehead atoms. The van der Waals surface area contributed by atoms with Crippen LogP contribution in [0.4, 0.5) is 0 Å². The quantitative estimate of drug-likeness (QED) is 0.0631. The largest absolute Gasteiger partial charge is 0.460 e. The van der Waals surface area contributed by atoms with Gasteiger partial charge < -0.3 is 94.4 Å². The number of carbonyl (C=O) groups excluding carboxylic acids is 2. The molecule has 3 aliphatic heterocycles. The van der Waals surface area contributed by atoms with Crippen LogP contribution in [-0.2, 0) is 42.7 Å². The summed E-state index contributed by atoms with van der Waals surface area (Å²) in [7, 11) is 0. The minimum absolute atomic E-state index is 0.0677. The summed E-state index contributed by atoms with van der Waals surface area (Å²) in [6, 6.07) is 0. The van der Waals surface area contributed by atoms with E-state index in [0.29, 0.717) is 57.8 Å². The second-order valence-electron chi connectivity index (χ2n) is 23.2. The molecule has 0 aromatic heterocycles. The lowest BCUT2D eigenvalue weighted by Crippen LogP contribution is -2.68. The minimum atomic E-state index is -1.84. The zero-order valence-electron chi connectivity index (χ0n) is 41.0. The van der Waals surface area contributed by atoms with Crippen LogP contribution < -0.4 is 0 Å². The van der Waals surface area contributed by atoms with Gasteiger partial charge in [0.1, 0.15) is 78.8 Å². The molecular formula is C49H78O21. The van der Waals surface area contributed by atoms with Gasteiger partial charge in [-0.25, -0.2) is 0 Å². The predicted molar refractivity (Wildman–Crippen MR) is 238 cm³/mol. The predicted octanol–water partition coefficient (Wildman–Crippen LogP) is -1.59. The van der Waals surface area contributed by atoms with Crippen LogP contribution in [0.25, 0.3) is 0 Å². The molecule has 0 aromatic rings. The molecular weight excluding hydrogens is 925 g/mol. The molecule has 400 valence electrons. The standard InChI is InChI=1S/C49H78O21/c1-22(54)70-44(2)13-15-49(43(63)69-41-37(61)35(59)32(56)26(19-51)65-41)16-14-47(5)23(24(49)17-44)7-8-29-45(3)11-10-30(46(4,21-53)28(45)9-12-48(29,47)6)67-42-38(62)39(33(57)27(20-52)66-42)68-40-36(60)34(58)31(55)25(18-50)64-40/h7,24-42,50-53,55-62H,8-21H2,1-6H3. The van der Waals surface area contributed by atoms with E-state index in [9.17, 15) is 70.9 Å². The van der Waals surface area contributed by atoms with Crippen molar-refractivity contribution in [2.45, 2.75) is 210 Å². The summed E-state index contributed by atoms with van der Waals surface area (Å²) in [5.41, 5.74) is -3.10. The Morgan fingerprint density at radius 2 is 1.19 bits per heavy atom. The molecule has 25 atom stereocenters. The van der Waals surface area contributed by atoms with Gasteiger partial charge >= 0.3 is 11.9 Å². The van der Waals surface area contributed by atoms with Crippen LogP contribution >= 0.6 is 0 Å². The summed E-state index contributed by atoms with van der Waals surface area (Å²) >= 11 is 0. The van der Waals surface area contributed by atoms with Crippen LogP contribution in [0.2, 0.25) is 0 Å². The summed E-state index contributed by atoms with van der Waals surface area (Å²) in [5.74, 6) is -1.61. The Kier molecular flexibility index (Phi) is 15.2. The number of hydrogen-bond acceptors (Lipinski definition) is 21. The number of rotatable bonds is 11. The number of carbonyl (C=O) groups is 2. The van der Waals surface area contributed by atoms with Crippen molar-refractivity contribution in [2.24, 2.45) is 44.8 Å². The SMILES string of the molecule is CC(=O)OC1(C)CCC2(C(=O)OC3OC(CO)C(O)C(O)C3O)CCC3(C)C(=CCC4C5(C)CCC(OC6OC(CO)C(O)C(OC7OC(CO)C(O)C(O)C7O)C6O)C(C)(CO)C5CCC43C)C2C1. The van der Waals surface area contributed by atoms with E-state index in [1.165, 1.54) is 6.92 Å². The van der Waals surface area contributed by atoms with E-state index in [1.54, 1.807) is 0 Å². The number of allylic oxidation sites excluding steroid dienone is 2. The summed E-state index contributed by atoms with van der Waals surface area (Å²) < 4.78 is 41.5. The Morgan fingerprint density at radius 1 is 0.629 bits per heavy atom. The number of aliphatic hydroxyl groups is 12. The number of ether oxygens (including phenoxy) is 7. The van der Waals surface area contributed by atoms with Crippen molar-refractivity contribution in [1.29, 1.82) is 0 Å². The molecule has 0 spiro atoms. The maximum atomic E-state index is 14.8. The fourth-order valence-corrected chi connectivity index (χ4v) is 15.3. The number of hydrogen-bond donors (Lipinski definition) is 12. The number of fused-ring (bicyclic) bond motifs is 7. The van der Waals surface area contributed by atoms with Gasteiger partial charge in [-0.3, -0.25) is 9.59 Å². The zero-order valence-corrected chi connectivity index (χ0v) is 41.0. The van der Waals surface area contributed by atoms with Crippen LogP contribution in [0.1, 0.15) is 106 Å². The fourth-order valence-electron chi connectivity index (χ4n) is 15.3. The minimum Gasteiger partial charge on any atom is -0.460 e. The lowest BCUT2D eigenvalue weighted by molar-refractivity contribution is -0.370. The highest BCUT2D eigenvalue weighted by Crippen LogP contribution is 2.76. The molecule has 0 radical (unpaired) electrons. The van der Waals surface area contributed by atoms with Crippen molar-refractivity contribution < 1.29 is 104 Å². The highest BCUT2D eigenvalue weighted by atomic mass is 16.7. The first kappa shape index (κ1) is 54.3. The van der Waals surface area contributed by atoms with Crippen molar-refractivity contribution >= 4 is 11.9 Å². The third-order valence-electron chi connectivity index (χ3n) is 19.6. The highest BCUT2D eigenvalue weighted by molar-refractivity contribution is 5.79. The van der Waals surface area contributed by atoms with E-state index in [0.717, 1.165) is 12.0 Å². The number of esters is 2. The monoisotopic (exact) mass is 1000 g/mol. The lowest BCUT2D eigenvalue weighted by Gasteiger charge is -2.71. The van der Waals surface area contributed by atoms with Crippen LogP contribution in [0.15, 0.2) is 11.6 Å². The first-order chi connectivity index (χ1) is 32.8. The smallest absolute Gasteiger partial charge is 0.315 e. The van der Waals surface area contributed by atoms with Crippen LogP contribution in [0.3, 0.4) is 0 Å². The first-order valence-corrected chi connectivity index (χ1v) is 25.1. The lowest BCUT2D eigenvalue weighted by atomic mass is 9.33. The van der Waals surface area contributed by atoms with Gasteiger partial charge in [-0.2, -0.15) is 0 Å². The zero-order chi connectivity index (χ0) is 51.3. The molecule has 21 heteroatoms. The molecule has 5 aliphatic carbocycles. The van der Waals surface area contributed by atoms with Gasteiger partial charge in [-0.1, -0.05) is 39.3 Å². The Labute approximate surface area is 407 Å². The van der Waals surface area contributed by atoms with E-state index in [4.69, 9.17) is 33.2 Å². The molecule has 70 heavy (non-hydrogen) atoms. The normalized spacial score (nSPS) is 53.6. The van der Waals surface area contributed by atoms with Gasteiger partial charge in [0.05, 0.1) is 37.9 Å². The van der Waals surface area contributed by atoms with Gasteiger partial charge in [-0.05, 0) is 99.2 Å². The van der Waals surface area contributed by atoms with Crippen molar-refractivity contribution in [3.8, 4) is 0 Å². The van der Waals surface area contributed by atoms with Crippen molar-refractivity contribution in [2.75, 3.05) is 26.4 Å². The molecule has 25 unspecified atom stereocenters. The summed E-state index contributed by atoms with van der Waals surface area (Å²) in [6.07, 6.45) is -17.8. The van der Waals surface area contributed by atoms with Gasteiger partial charge in [0.2, 0.25) is 6.29 Å². The highest BCUT2D eigenvalue weighted by Gasteiger charge is 2.71. The van der Waals surface area contributed by atoms with E-state index >= 15 is 0 Å². The molecule has 8 aliphatic rings. The van der Waals surface area contributed by atoms with E-state index < -0.39 is 158 Å². The Morgan fingerprint density at radius 3 is 1.77 bits per heavy atom. The maximum Gasteiger partial charge on any atom is 0.315 e. The fraction of sp³-hybridized carbons (Fsp3) is 0.918. The molecule has 0 aromatic carbocycles. The molecule has 0 amide bonds. The Balaban J connectivity index is 1.06. The average Bonchev–Trinajstić information content (AvgIpc) is 3.31. The third-order valence-corrected chi connectivity index (χ3v) is 19.6. The topological polar surface area (TPSA) is 342 Å². The number of aliphatic hydroxyl groups excluding tert-OH is 12. The Hall–Kier alpha value is -2.00. The second-order valence-corrected chi connectivity index (χ2v) is 23.2. The third kappa shape index (κ3) is 8.51. The van der Waals surface area contributed by atoms with Crippen molar-refractivity contribution in [3.63, 3.8) is 0 Å². The summed E-state index contributed by atoms with van der Waals surface area (Å²) in [5, 5.41) is 127. The second kappa shape index (κ2) is 19.6. The molecule has 7 fully saturated rings. The summed E-state index contributed by atoms with van der Waals surface area (Å²) in [4.78, 5) is 27.3. The van der Waals surface area contributed by atoms with Crippen LogP contribution in [0.5, 0.6) is 0 Å². The van der Waals surface area contributed by atoms with Crippen molar-refractivity contribution in [3.05, 3.63) is 11.6 Å². The van der Waals surface area contributed by atoms with Gasteiger partial charge in [0.25, 0.3) is 0 Å². The van der Waals surface area contributed by atoms with E-state index in [1.807, 2.05) is 13.8 Å². The molecule has 4 saturated carbocycles. The van der Waals surface area contributed by atoms with Crippen molar-refractivity contribution in [1.82, 2.24) is 0 Å². The molecule has 3 saturated heterocycles. The van der Waals surface area contributed by atoms with E-state index in [-0.39, 0.29) is 29.3 Å². The van der Waals surface area contributed by atoms with Crippen LogP contribution in [-0.4, -0.2) is 203 Å². The summed E-state index contributed by atoms with van der Waals surface area (Å²) in [6.45, 7) is 9.59. The van der Waals surface area contributed by atoms with Gasteiger partial charge in [-0.15, -0.1) is 0 Å². The average molecular weight is 1000 g/mol. The maximum absolute atomic E-state index is 14.8. The van der Waals surface area contributed by atoms with Gasteiger partial charge in [0.15, 0.2) is 12.6 Å². The molecule has 12 N–H and O–H groups in total.